The second-order valence-corrected chi connectivity index (χ2v) is 6.72. The quantitative estimate of drug-likeness (QED) is 0.799. The molecule has 1 aliphatic rings. The topological polar surface area (TPSA) is 25.2 Å². The minimum absolute atomic E-state index is 0.314. The van der Waals surface area contributed by atoms with Crippen LogP contribution in [0.3, 0.4) is 0 Å². The van der Waals surface area contributed by atoms with Gasteiger partial charge >= 0.3 is 0 Å². The number of furan rings is 1. The molecule has 114 valence electrons. The molecule has 0 aliphatic heterocycles. The second-order valence-electron chi connectivity index (χ2n) is 6.29. The van der Waals surface area contributed by atoms with Crippen LogP contribution in [-0.4, -0.2) is 7.05 Å². The van der Waals surface area contributed by atoms with Gasteiger partial charge in [0.2, 0.25) is 0 Å². The normalized spacial score (nSPS) is 24.3. The Balaban J connectivity index is 1.81. The molecule has 0 amide bonds. The van der Waals surface area contributed by atoms with Gasteiger partial charge in [-0.25, -0.2) is 0 Å². The maximum absolute atomic E-state index is 6.06. The van der Waals surface area contributed by atoms with E-state index in [0.29, 0.717) is 12.0 Å². The molecule has 1 fully saturated rings. The van der Waals surface area contributed by atoms with Crippen molar-refractivity contribution < 1.29 is 4.42 Å². The highest BCUT2D eigenvalue weighted by atomic mass is 35.5. The van der Waals surface area contributed by atoms with Crippen molar-refractivity contribution in [2.45, 2.75) is 45.1 Å². The summed E-state index contributed by atoms with van der Waals surface area (Å²) in [5.74, 6) is 2.65. The number of hydrogen-bond donors (Lipinski definition) is 1. The summed E-state index contributed by atoms with van der Waals surface area (Å²) in [4.78, 5) is 0. The van der Waals surface area contributed by atoms with Gasteiger partial charge in [0.15, 0.2) is 0 Å². The van der Waals surface area contributed by atoms with Crippen LogP contribution < -0.4 is 5.32 Å². The lowest BCUT2D eigenvalue weighted by Gasteiger charge is -2.32. The van der Waals surface area contributed by atoms with E-state index in [-0.39, 0.29) is 0 Å². The smallest absolute Gasteiger partial charge is 0.134 e. The van der Waals surface area contributed by atoms with E-state index in [1.165, 1.54) is 32.1 Å². The number of hydrogen-bond acceptors (Lipinski definition) is 2. The highest BCUT2D eigenvalue weighted by Gasteiger charge is 2.29. The molecule has 0 bridgehead atoms. The summed E-state index contributed by atoms with van der Waals surface area (Å²) in [5, 5.41) is 5.33. The summed E-state index contributed by atoms with van der Waals surface area (Å²) >= 11 is 6.06. The largest absolute Gasteiger partial charge is 0.459 e. The van der Waals surface area contributed by atoms with Crippen LogP contribution in [0.2, 0.25) is 5.02 Å². The third-order valence-electron chi connectivity index (χ3n) is 5.06. The van der Waals surface area contributed by atoms with Gasteiger partial charge in [0.25, 0.3) is 0 Å². The zero-order chi connectivity index (χ0) is 14.8. The first kappa shape index (κ1) is 14.9. The number of halogens is 1. The number of benzene rings is 1. The van der Waals surface area contributed by atoms with E-state index in [9.17, 15) is 0 Å². The van der Waals surface area contributed by atoms with Crippen molar-refractivity contribution in [2.75, 3.05) is 7.05 Å². The van der Waals surface area contributed by atoms with Crippen LogP contribution in [0.1, 0.15) is 50.8 Å². The van der Waals surface area contributed by atoms with E-state index in [0.717, 1.165) is 27.7 Å². The van der Waals surface area contributed by atoms with Crippen molar-refractivity contribution in [1.29, 1.82) is 0 Å². The molecule has 3 rings (SSSR count). The van der Waals surface area contributed by atoms with Crippen molar-refractivity contribution in [3.05, 3.63) is 35.0 Å². The molecule has 0 spiro atoms. The van der Waals surface area contributed by atoms with Crippen LogP contribution in [0.15, 0.2) is 28.7 Å². The van der Waals surface area contributed by atoms with E-state index in [1.807, 2.05) is 25.2 Å². The number of nitrogens with one attached hydrogen (secondary N) is 1. The maximum Gasteiger partial charge on any atom is 0.134 e. The van der Waals surface area contributed by atoms with Crippen LogP contribution in [0.5, 0.6) is 0 Å². The van der Waals surface area contributed by atoms with E-state index in [4.69, 9.17) is 16.0 Å². The Morgan fingerprint density at radius 2 is 2.00 bits per heavy atom. The van der Waals surface area contributed by atoms with Gasteiger partial charge in [-0.15, -0.1) is 0 Å². The summed E-state index contributed by atoms with van der Waals surface area (Å²) in [7, 11) is 2.04. The molecule has 1 aromatic carbocycles. The number of fused-ring (bicyclic) bond motifs is 1. The van der Waals surface area contributed by atoms with Gasteiger partial charge in [-0.1, -0.05) is 37.8 Å². The lowest BCUT2D eigenvalue weighted by atomic mass is 9.77. The van der Waals surface area contributed by atoms with Crippen LogP contribution in [0, 0.1) is 11.8 Å². The highest BCUT2D eigenvalue weighted by molar-refractivity contribution is 6.31. The third-order valence-corrected chi connectivity index (χ3v) is 5.29. The summed E-state index contributed by atoms with van der Waals surface area (Å²) in [6, 6.07) is 8.28. The molecule has 1 saturated carbocycles. The van der Waals surface area contributed by atoms with Crippen LogP contribution in [-0.2, 0) is 0 Å². The summed E-state index contributed by atoms with van der Waals surface area (Å²) < 4.78 is 6.06. The molecule has 2 aromatic rings. The molecule has 1 N–H and O–H groups in total. The van der Waals surface area contributed by atoms with Crippen molar-refractivity contribution >= 4 is 22.6 Å². The second kappa shape index (κ2) is 6.41. The van der Waals surface area contributed by atoms with E-state index in [2.05, 4.69) is 18.3 Å². The Hall–Kier alpha value is -0.990. The van der Waals surface area contributed by atoms with E-state index >= 15 is 0 Å². The molecule has 2 nitrogen and oxygen atoms in total. The van der Waals surface area contributed by atoms with E-state index in [1.54, 1.807) is 0 Å². The molecular formula is C18H24ClNO. The zero-order valence-corrected chi connectivity index (χ0v) is 13.6. The zero-order valence-electron chi connectivity index (χ0n) is 12.9. The van der Waals surface area contributed by atoms with Gasteiger partial charge in [0.05, 0.1) is 6.04 Å². The monoisotopic (exact) mass is 305 g/mol. The molecule has 0 saturated heterocycles. The molecule has 0 radical (unpaired) electrons. The molecule has 3 heteroatoms. The Kier molecular flexibility index (Phi) is 4.56. The maximum atomic E-state index is 6.06. The van der Waals surface area contributed by atoms with Crippen LogP contribution in [0.4, 0.5) is 0 Å². The van der Waals surface area contributed by atoms with Gasteiger partial charge in [-0.05, 0) is 56.0 Å². The fraction of sp³-hybridized carbons (Fsp3) is 0.556. The molecule has 1 heterocycles. The Morgan fingerprint density at radius 1 is 1.24 bits per heavy atom. The van der Waals surface area contributed by atoms with Gasteiger partial charge in [-0.3, -0.25) is 0 Å². The average molecular weight is 306 g/mol. The third kappa shape index (κ3) is 3.12. The molecule has 21 heavy (non-hydrogen) atoms. The number of rotatable bonds is 4. The Labute approximate surface area is 131 Å². The first-order chi connectivity index (χ1) is 10.2. The Bertz CT molecular complexity index is 598. The lowest BCUT2D eigenvalue weighted by Crippen LogP contribution is -2.28. The Morgan fingerprint density at radius 3 is 2.67 bits per heavy atom. The molecule has 1 atom stereocenters. The van der Waals surface area contributed by atoms with E-state index < -0.39 is 0 Å². The molecule has 1 aliphatic carbocycles. The van der Waals surface area contributed by atoms with Crippen LogP contribution >= 0.6 is 11.6 Å². The molecular weight excluding hydrogens is 282 g/mol. The first-order valence-corrected chi connectivity index (χ1v) is 8.45. The fourth-order valence-corrected chi connectivity index (χ4v) is 3.91. The minimum Gasteiger partial charge on any atom is -0.459 e. The molecule has 1 unspecified atom stereocenters. The standard InChI is InChI=1S/C18H24ClNO/c1-3-12-4-6-13(7-5-12)18(20-2)17-11-14-10-15(19)8-9-16(14)21-17/h8-13,18,20H,3-7H2,1-2H3. The van der Waals surface area contributed by atoms with Gasteiger partial charge < -0.3 is 9.73 Å². The lowest BCUT2D eigenvalue weighted by molar-refractivity contribution is 0.210. The first-order valence-electron chi connectivity index (χ1n) is 8.07. The minimum atomic E-state index is 0.314. The average Bonchev–Trinajstić information content (AvgIpc) is 2.91. The SMILES string of the molecule is CCC1CCC(C(NC)c2cc3cc(Cl)ccc3o2)CC1. The van der Waals surface area contributed by atoms with Crippen molar-refractivity contribution in [3.63, 3.8) is 0 Å². The predicted molar refractivity (Wildman–Crippen MR) is 88.8 cm³/mol. The van der Waals surface area contributed by atoms with Crippen molar-refractivity contribution in [1.82, 2.24) is 5.32 Å². The van der Waals surface area contributed by atoms with Crippen LogP contribution in [0.25, 0.3) is 11.0 Å². The molecule has 1 aromatic heterocycles. The van der Waals surface area contributed by atoms with Crippen molar-refractivity contribution in [3.8, 4) is 0 Å². The highest BCUT2D eigenvalue weighted by Crippen LogP contribution is 2.39. The summed E-state index contributed by atoms with van der Waals surface area (Å²) in [6.45, 7) is 2.31. The van der Waals surface area contributed by atoms with Gasteiger partial charge in [-0.2, -0.15) is 0 Å². The summed E-state index contributed by atoms with van der Waals surface area (Å²) in [5.41, 5.74) is 0.928. The van der Waals surface area contributed by atoms with Gasteiger partial charge in [0, 0.05) is 10.4 Å². The van der Waals surface area contributed by atoms with Gasteiger partial charge in [0.1, 0.15) is 11.3 Å². The van der Waals surface area contributed by atoms with Crippen molar-refractivity contribution in [2.24, 2.45) is 11.8 Å². The fourth-order valence-electron chi connectivity index (χ4n) is 3.73. The summed E-state index contributed by atoms with van der Waals surface area (Å²) in [6.07, 6.45) is 6.61. The predicted octanol–water partition coefficient (Wildman–Crippen LogP) is 5.56.